The summed E-state index contributed by atoms with van der Waals surface area (Å²) >= 11 is 1.58. The van der Waals surface area contributed by atoms with Gasteiger partial charge in [0.1, 0.15) is 5.69 Å². The summed E-state index contributed by atoms with van der Waals surface area (Å²) in [7, 11) is 0. The van der Waals surface area contributed by atoms with Crippen molar-refractivity contribution in [3.63, 3.8) is 0 Å². The van der Waals surface area contributed by atoms with E-state index in [0.717, 1.165) is 18.0 Å². The second-order valence-electron chi connectivity index (χ2n) is 4.45. The third-order valence-electron chi connectivity index (χ3n) is 2.43. The number of carbonyl (C=O) groups excluding carboxylic acids is 1. The van der Waals surface area contributed by atoms with Gasteiger partial charge in [-0.25, -0.2) is 4.98 Å². The Labute approximate surface area is 94.1 Å². The van der Waals surface area contributed by atoms with Crippen LogP contribution < -0.4 is 4.90 Å². The first kappa shape index (κ1) is 10.6. The Bertz CT molecular complexity index is 344. The predicted molar refractivity (Wildman–Crippen MR) is 62.7 cm³/mol. The molecule has 4 heteroatoms. The highest BCUT2D eigenvalue weighted by Gasteiger charge is 2.31. The second kappa shape index (κ2) is 4.31. The molecule has 0 atom stereocenters. The lowest BCUT2D eigenvalue weighted by atomic mass is 10.2. The Morgan fingerprint density at radius 2 is 2.40 bits per heavy atom. The van der Waals surface area contributed by atoms with E-state index >= 15 is 0 Å². The molecule has 15 heavy (non-hydrogen) atoms. The topological polar surface area (TPSA) is 33.2 Å². The quantitative estimate of drug-likeness (QED) is 0.721. The number of anilines is 1. The molecule has 0 bridgehead atoms. The largest absolute Gasteiger partial charge is 0.345 e. The number of hydrogen-bond donors (Lipinski definition) is 0. The molecule has 0 radical (unpaired) electrons. The molecule has 0 saturated heterocycles. The van der Waals surface area contributed by atoms with Gasteiger partial charge in [-0.1, -0.05) is 13.8 Å². The summed E-state index contributed by atoms with van der Waals surface area (Å²) in [6.07, 6.45) is 3.35. The maximum absolute atomic E-state index is 10.6. The molecular formula is C11H16N2OS. The van der Waals surface area contributed by atoms with Crippen LogP contribution in [-0.2, 0) is 0 Å². The summed E-state index contributed by atoms with van der Waals surface area (Å²) in [5.74, 6) is 0.634. The van der Waals surface area contributed by atoms with E-state index in [1.165, 1.54) is 12.8 Å². The van der Waals surface area contributed by atoms with Gasteiger partial charge in [0, 0.05) is 18.0 Å². The first-order valence-corrected chi connectivity index (χ1v) is 6.26. The summed E-state index contributed by atoms with van der Waals surface area (Å²) in [5.41, 5.74) is 0.560. The van der Waals surface area contributed by atoms with Gasteiger partial charge in [0.25, 0.3) is 0 Å². The van der Waals surface area contributed by atoms with Gasteiger partial charge in [0.2, 0.25) is 0 Å². The number of carbonyl (C=O) groups is 1. The van der Waals surface area contributed by atoms with Gasteiger partial charge in [-0.05, 0) is 18.8 Å². The van der Waals surface area contributed by atoms with Crippen LogP contribution in [-0.4, -0.2) is 23.9 Å². The number of hydrogen-bond acceptors (Lipinski definition) is 4. The van der Waals surface area contributed by atoms with Crippen LogP contribution in [0.3, 0.4) is 0 Å². The maximum Gasteiger partial charge on any atom is 0.186 e. The van der Waals surface area contributed by atoms with Crippen LogP contribution in [0.25, 0.3) is 0 Å². The van der Waals surface area contributed by atoms with Crippen LogP contribution in [0.15, 0.2) is 5.38 Å². The van der Waals surface area contributed by atoms with Crippen LogP contribution in [0.2, 0.25) is 0 Å². The van der Waals surface area contributed by atoms with E-state index < -0.39 is 0 Å². The van der Waals surface area contributed by atoms with Crippen molar-refractivity contribution in [1.29, 1.82) is 0 Å². The molecule has 1 fully saturated rings. The number of nitrogens with zero attached hydrogens (tertiary/aromatic N) is 2. The highest BCUT2D eigenvalue weighted by atomic mass is 32.1. The minimum Gasteiger partial charge on any atom is -0.345 e. The van der Waals surface area contributed by atoms with Crippen LogP contribution >= 0.6 is 11.3 Å². The van der Waals surface area contributed by atoms with Crippen molar-refractivity contribution >= 4 is 22.8 Å². The Balaban J connectivity index is 2.12. The summed E-state index contributed by atoms with van der Waals surface area (Å²) in [4.78, 5) is 17.2. The highest BCUT2D eigenvalue weighted by molar-refractivity contribution is 7.13. The molecule has 2 rings (SSSR count). The van der Waals surface area contributed by atoms with Crippen molar-refractivity contribution in [3.05, 3.63) is 11.1 Å². The summed E-state index contributed by atoms with van der Waals surface area (Å²) in [5, 5.41) is 2.84. The molecule has 1 saturated carbocycles. The van der Waals surface area contributed by atoms with Gasteiger partial charge in [-0.3, -0.25) is 4.79 Å². The number of aldehydes is 1. The smallest absolute Gasteiger partial charge is 0.186 e. The molecule has 0 amide bonds. The molecule has 82 valence electrons. The normalized spacial score (nSPS) is 15.7. The second-order valence-corrected chi connectivity index (χ2v) is 5.29. The van der Waals surface area contributed by atoms with Crippen molar-refractivity contribution in [2.45, 2.75) is 32.7 Å². The monoisotopic (exact) mass is 224 g/mol. The van der Waals surface area contributed by atoms with Crippen LogP contribution in [0.5, 0.6) is 0 Å². The highest BCUT2D eigenvalue weighted by Crippen LogP contribution is 2.33. The molecule has 1 heterocycles. The van der Waals surface area contributed by atoms with Gasteiger partial charge in [0.05, 0.1) is 0 Å². The average molecular weight is 224 g/mol. The van der Waals surface area contributed by atoms with Crippen molar-refractivity contribution < 1.29 is 4.79 Å². The summed E-state index contributed by atoms with van der Waals surface area (Å²) in [6.45, 7) is 5.46. The van der Waals surface area contributed by atoms with Gasteiger partial charge < -0.3 is 4.90 Å². The van der Waals surface area contributed by atoms with Crippen LogP contribution in [0.4, 0.5) is 5.13 Å². The molecule has 0 aromatic carbocycles. The molecule has 1 aromatic rings. The van der Waals surface area contributed by atoms with Gasteiger partial charge in [0.15, 0.2) is 11.4 Å². The Morgan fingerprint density at radius 1 is 1.67 bits per heavy atom. The van der Waals surface area contributed by atoms with Crippen molar-refractivity contribution in [2.75, 3.05) is 11.4 Å². The molecule has 0 N–H and O–H groups in total. The molecule has 0 spiro atoms. The zero-order valence-electron chi connectivity index (χ0n) is 9.14. The molecule has 3 nitrogen and oxygen atoms in total. The molecule has 1 aliphatic carbocycles. The molecule has 0 unspecified atom stereocenters. The standard InChI is InChI=1S/C11H16N2OS/c1-8(2)5-13(10-3-4-10)11-12-9(6-14)7-15-11/h6-8,10H,3-5H2,1-2H3. The first-order chi connectivity index (χ1) is 7.20. The number of thiazole rings is 1. The Morgan fingerprint density at radius 3 is 2.87 bits per heavy atom. The minimum atomic E-state index is 0.560. The van der Waals surface area contributed by atoms with E-state index in [1.54, 1.807) is 11.3 Å². The van der Waals surface area contributed by atoms with Gasteiger partial charge in [-0.2, -0.15) is 0 Å². The van der Waals surface area contributed by atoms with Gasteiger partial charge in [-0.15, -0.1) is 11.3 Å². The number of aromatic nitrogens is 1. The van der Waals surface area contributed by atoms with E-state index in [9.17, 15) is 4.79 Å². The van der Waals surface area contributed by atoms with E-state index in [-0.39, 0.29) is 0 Å². The first-order valence-electron chi connectivity index (χ1n) is 5.38. The lowest BCUT2D eigenvalue weighted by Crippen LogP contribution is -2.29. The lowest BCUT2D eigenvalue weighted by Gasteiger charge is -2.23. The average Bonchev–Trinajstić information content (AvgIpc) is 2.92. The van der Waals surface area contributed by atoms with E-state index in [0.29, 0.717) is 17.7 Å². The Kier molecular flexibility index (Phi) is 3.05. The number of rotatable bonds is 5. The van der Waals surface area contributed by atoms with E-state index in [4.69, 9.17) is 0 Å². The SMILES string of the molecule is CC(C)CN(c1nc(C=O)cs1)C1CC1. The van der Waals surface area contributed by atoms with Crippen molar-refractivity contribution in [3.8, 4) is 0 Å². The summed E-state index contributed by atoms with van der Waals surface area (Å²) in [6, 6.07) is 0.665. The van der Waals surface area contributed by atoms with Crippen molar-refractivity contribution in [1.82, 2.24) is 4.98 Å². The fourth-order valence-electron chi connectivity index (χ4n) is 1.63. The van der Waals surface area contributed by atoms with Gasteiger partial charge >= 0.3 is 0 Å². The zero-order chi connectivity index (χ0) is 10.8. The maximum atomic E-state index is 10.6. The predicted octanol–water partition coefficient (Wildman–Crippen LogP) is 2.58. The van der Waals surface area contributed by atoms with E-state index in [2.05, 4.69) is 23.7 Å². The van der Waals surface area contributed by atoms with Crippen molar-refractivity contribution in [2.24, 2.45) is 5.92 Å². The minimum absolute atomic E-state index is 0.560. The zero-order valence-corrected chi connectivity index (χ0v) is 9.96. The van der Waals surface area contributed by atoms with Crippen LogP contribution in [0, 0.1) is 5.92 Å². The molecule has 0 aliphatic heterocycles. The molecule has 1 aliphatic rings. The fourth-order valence-corrected chi connectivity index (χ4v) is 2.48. The Hall–Kier alpha value is -0.900. The van der Waals surface area contributed by atoms with Crippen LogP contribution in [0.1, 0.15) is 37.2 Å². The molecule has 1 aromatic heterocycles. The lowest BCUT2D eigenvalue weighted by molar-refractivity contribution is 0.111. The van der Waals surface area contributed by atoms with E-state index in [1.807, 2.05) is 5.38 Å². The molecular weight excluding hydrogens is 208 g/mol. The fraction of sp³-hybridized carbons (Fsp3) is 0.636. The third-order valence-corrected chi connectivity index (χ3v) is 3.32. The third kappa shape index (κ3) is 2.56. The summed E-state index contributed by atoms with van der Waals surface area (Å²) < 4.78 is 0.